The van der Waals surface area contributed by atoms with E-state index < -0.39 is 0 Å². The van der Waals surface area contributed by atoms with Crippen LogP contribution in [0.1, 0.15) is 17.4 Å². The molecule has 0 saturated heterocycles. The van der Waals surface area contributed by atoms with E-state index in [0.29, 0.717) is 0 Å². The lowest BCUT2D eigenvalue weighted by Crippen LogP contribution is -2.11. The molecule has 0 fully saturated rings. The molecule has 1 heterocycles. The van der Waals surface area contributed by atoms with Crippen molar-refractivity contribution in [2.45, 2.75) is 20.4 Å². The molecule has 0 aliphatic rings. The van der Waals surface area contributed by atoms with Crippen LogP contribution in [-0.4, -0.2) is 6.54 Å². The molecule has 3 heteroatoms. The van der Waals surface area contributed by atoms with E-state index in [0.717, 1.165) is 18.7 Å². The van der Waals surface area contributed by atoms with E-state index in [1.807, 2.05) is 6.07 Å². The molecule has 1 aromatic heterocycles. The van der Waals surface area contributed by atoms with E-state index in [4.69, 9.17) is 0 Å². The van der Waals surface area contributed by atoms with Crippen LogP contribution < -0.4 is 5.32 Å². The van der Waals surface area contributed by atoms with Crippen LogP contribution >= 0.6 is 11.3 Å². The van der Waals surface area contributed by atoms with Crippen molar-refractivity contribution in [1.82, 2.24) is 5.32 Å². The largest absolute Gasteiger partial charge is 0.313 e. The molecular formula is C14H16FNS. The molecule has 0 atom stereocenters. The summed E-state index contributed by atoms with van der Waals surface area (Å²) in [7, 11) is 0. The van der Waals surface area contributed by atoms with Crippen molar-refractivity contribution in [2.24, 2.45) is 0 Å². The average Bonchev–Trinajstić information content (AvgIpc) is 2.68. The molecular weight excluding hydrogens is 233 g/mol. The second kappa shape index (κ2) is 5.43. The van der Waals surface area contributed by atoms with Gasteiger partial charge in [-0.15, -0.1) is 11.3 Å². The van der Waals surface area contributed by atoms with E-state index in [-0.39, 0.29) is 5.82 Å². The standard InChI is InChI=1S/C14H16FNS/c1-3-16-8-12-9-17-10(2)14(12)11-5-4-6-13(15)7-11/h4-7,9,16H,3,8H2,1-2H3. The van der Waals surface area contributed by atoms with Gasteiger partial charge in [0.1, 0.15) is 5.82 Å². The maximum Gasteiger partial charge on any atom is 0.123 e. The molecule has 17 heavy (non-hydrogen) atoms. The van der Waals surface area contributed by atoms with Gasteiger partial charge < -0.3 is 5.32 Å². The highest BCUT2D eigenvalue weighted by molar-refractivity contribution is 7.10. The van der Waals surface area contributed by atoms with Gasteiger partial charge >= 0.3 is 0 Å². The fourth-order valence-electron chi connectivity index (χ4n) is 1.93. The molecule has 90 valence electrons. The first kappa shape index (κ1) is 12.3. The second-order valence-electron chi connectivity index (χ2n) is 3.98. The summed E-state index contributed by atoms with van der Waals surface area (Å²) >= 11 is 1.72. The fraction of sp³-hybridized carbons (Fsp3) is 0.286. The first-order chi connectivity index (χ1) is 8.22. The predicted molar refractivity (Wildman–Crippen MR) is 71.8 cm³/mol. The topological polar surface area (TPSA) is 12.0 Å². The van der Waals surface area contributed by atoms with Crippen molar-refractivity contribution in [2.75, 3.05) is 6.54 Å². The maximum absolute atomic E-state index is 13.3. The highest BCUT2D eigenvalue weighted by Crippen LogP contribution is 2.32. The lowest BCUT2D eigenvalue weighted by Gasteiger charge is -2.07. The maximum atomic E-state index is 13.3. The Hall–Kier alpha value is -1.19. The molecule has 0 aliphatic carbocycles. The summed E-state index contributed by atoms with van der Waals surface area (Å²) in [5.74, 6) is -0.178. The highest BCUT2D eigenvalue weighted by atomic mass is 32.1. The van der Waals surface area contributed by atoms with Crippen LogP contribution in [0.5, 0.6) is 0 Å². The molecule has 1 nitrogen and oxygen atoms in total. The molecule has 1 aromatic carbocycles. The molecule has 0 radical (unpaired) electrons. The normalized spacial score (nSPS) is 10.8. The summed E-state index contributed by atoms with van der Waals surface area (Å²) < 4.78 is 13.3. The fourth-order valence-corrected chi connectivity index (χ4v) is 2.81. The number of aryl methyl sites for hydroxylation is 1. The van der Waals surface area contributed by atoms with E-state index in [2.05, 4.69) is 24.5 Å². The van der Waals surface area contributed by atoms with E-state index in [1.54, 1.807) is 23.5 Å². The molecule has 0 spiro atoms. The van der Waals surface area contributed by atoms with Gasteiger partial charge in [0.25, 0.3) is 0 Å². The van der Waals surface area contributed by atoms with Gasteiger partial charge in [-0.1, -0.05) is 19.1 Å². The molecule has 0 aliphatic heterocycles. The number of hydrogen-bond acceptors (Lipinski definition) is 2. The van der Waals surface area contributed by atoms with Crippen molar-refractivity contribution in [1.29, 1.82) is 0 Å². The van der Waals surface area contributed by atoms with Crippen molar-refractivity contribution < 1.29 is 4.39 Å². The highest BCUT2D eigenvalue weighted by Gasteiger charge is 2.10. The van der Waals surface area contributed by atoms with Gasteiger partial charge in [0.15, 0.2) is 0 Å². The van der Waals surface area contributed by atoms with Gasteiger partial charge in [0.2, 0.25) is 0 Å². The third-order valence-electron chi connectivity index (χ3n) is 2.73. The van der Waals surface area contributed by atoms with Gasteiger partial charge in [0, 0.05) is 11.4 Å². The van der Waals surface area contributed by atoms with Crippen LogP contribution in [0.3, 0.4) is 0 Å². The van der Waals surface area contributed by atoms with E-state index >= 15 is 0 Å². The first-order valence-electron chi connectivity index (χ1n) is 5.76. The Morgan fingerprint density at radius 3 is 2.88 bits per heavy atom. The number of rotatable bonds is 4. The number of nitrogens with one attached hydrogen (secondary N) is 1. The zero-order chi connectivity index (χ0) is 12.3. The molecule has 0 bridgehead atoms. The molecule has 0 amide bonds. The lowest BCUT2D eigenvalue weighted by atomic mass is 10.0. The van der Waals surface area contributed by atoms with Crippen LogP contribution in [0.2, 0.25) is 0 Å². The zero-order valence-electron chi connectivity index (χ0n) is 10.1. The van der Waals surface area contributed by atoms with Crippen LogP contribution in [-0.2, 0) is 6.54 Å². The van der Waals surface area contributed by atoms with Gasteiger partial charge in [-0.3, -0.25) is 0 Å². The molecule has 1 N–H and O–H groups in total. The van der Waals surface area contributed by atoms with Crippen molar-refractivity contribution in [3.05, 3.63) is 45.9 Å². The number of benzene rings is 1. The Kier molecular flexibility index (Phi) is 3.92. The van der Waals surface area contributed by atoms with Crippen molar-refractivity contribution in [3.63, 3.8) is 0 Å². The van der Waals surface area contributed by atoms with Crippen LogP contribution in [0.15, 0.2) is 29.6 Å². The Balaban J connectivity index is 2.39. The van der Waals surface area contributed by atoms with Crippen LogP contribution in [0.25, 0.3) is 11.1 Å². The second-order valence-corrected chi connectivity index (χ2v) is 5.07. The first-order valence-corrected chi connectivity index (χ1v) is 6.64. The third kappa shape index (κ3) is 2.73. The Bertz CT molecular complexity index is 505. The Morgan fingerprint density at radius 1 is 1.35 bits per heavy atom. The van der Waals surface area contributed by atoms with Gasteiger partial charge in [-0.25, -0.2) is 4.39 Å². The SMILES string of the molecule is CCNCc1csc(C)c1-c1cccc(F)c1. The number of halogens is 1. The predicted octanol–water partition coefficient (Wildman–Crippen LogP) is 3.97. The summed E-state index contributed by atoms with van der Waals surface area (Å²) in [5.41, 5.74) is 3.40. The van der Waals surface area contributed by atoms with E-state index in [9.17, 15) is 4.39 Å². The summed E-state index contributed by atoms with van der Waals surface area (Å²) in [6.07, 6.45) is 0. The minimum Gasteiger partial charge on any atom is -0.313 e. The minimum absolute atomic E-state index is 0.178. The summed E-state index contributed by atoms with van der Waals surface area (Å²) in [5, 5.41) is 5.47. The Morgan fingerprint density at radius 2 is 2.18 bits per heavy atom. The van der Waals surface area contributed by atoms with Crippen LogP contribution in [0, 0.1) is 12.7 Å². The van der Waals surface area contributed by atoms with Gasteiger partial charge in [0.05, 0.1) is 0 Å². The molecule has 2 aromatic rings. The lowest BCUT2D eigenvalue weighted by molar-refractivity contribution is 0.628. The summed E-state index contributed by atoms with van der Waals surface area (Å²) in [6.45, 7) is 5.95. The zero-order valence-corrected chi connectivity index (χ0v) is 10.9. The molecule has 0 saturated carbocycles. The Labute approximate surface area is 105 Å². The third-order valence-corrected chi connectivity index (χ3v) is 3.69. The summed E-state index contributed by atoms with van der Waals surface area (Å²) in [6, 6.07) is 6.81. The number of thiophene rings is 1. The number of hydrogen-bond donors (Lipinski definition) is 1. The smallest absolute Gasteiger partial charge is 0.123 e. The van der Waals surface area contributed by atoms with Crippen LogP contribution in [0.4, 0.5) is 4.39 Å². The quantitative estimate of drug-likeness (QED) is 0.864. The van der Waals surface area contributed by atoms with Gasteiger partial charge in [-0.2, -0.15) is 0 Å². The van der Waals surface area contributed by atoms with E-state index in [1.165, 1.54) is 22.1 Å². The molecule has 2 rings (SSSR count). The van der Waals surface area contributed by atoms with Crippen molar-refractivity contribution in [3.8, 4) is 11.1 Å². The molecule has 0 unspecified atom stereocenters. The average molecular weight is 249 g/mol. The summed E-state index contributed by atoms with van der Waals surface area (Å²) in [4.78, 5) is 1.24. The van der Waals surface area contributed by atoms with Crippen molar-refractivity contribution >= 4 is 11.3 Å². The monoisotopic (exact) mass is 249 g/mol. The van der Waals surface area contributed by atoms with Gasteiger partial charge in [-0.05, 0) is 47.7 Å². The minimum atomic E-state index is -0.178.